The van der Waals surface area contributed by atoms with Gasteiger partial charge >= 0.3 is 0 Å². The Morgan fingerprint density at radius 1 is 1.10 bits per heavy atom. The highest BCUT2D eigenvalue weighted by atomic mass is 35.5. The monoisotopic (exact) mass is 284 g/mol. The van der Waals surface area contributed by atoms with E-state index in [2.05, 4.69) is 9.97 Å². The number of fused-ring (bicyclic) bond motifs is 1. The number of H-pyrrole nitrogens is 1. The molecule has 0 saturated carbocycles. The molecular weight excluding hydrogens is 276 g/mol. The van der Waals surface area contributed by atoms with Gasteiger partial charge in [0.15, 0.2) is 5.82 Å². The first-order chi connectivity index (χ1) is 9.65. The molecule has 20 heavy (non-hydrogen) atoms. The molecule has 0 fully saturated rings. The maximum Gasteiger partial charge on any atom is 0.259 e. The predicted molar refractivity (Wildman–Crippen MR) is 77.2 cm³/mol. The topological polar surface area (TPSA) is 62.8 Å². The average Bonchev–Trinajstić information content (AvgIpc) is 2.48. The molecule has 0 radical (unpaired) electrons. The molecule has 0 saturated heterocycles. The largest absolute Gasteiger partial charge is 0.303 e. The van der Waals surface area contributed by atoms with Crippen LogP contribution in [0, 0.1) is 0 Å². The molecule has 98 valence electrons. The summed E-state index contributed by atoms with van der Waals surface area (Å²) in [5.41, 5.74) is 0.540. The summed E-state index contributed by atoms with van der Waals surface area (Å²) in [5.74, 6) is -0.296. The molecule has 1 aromatic heterocycles. The highest BCUT2D eigenvalue weighted by molar-refractivity contribution is 6.31. The van der Waals surface area contributed by atoms with Gasteiger partial charge in [0.25, 0.3) is 5.56 Å². The molecule has 3 rings (SSSR count). The number of aromatic amines is 1. The Bertz CT molecular complexity index is 857. The number of aromatic nitrogens is 2. The van der Waals surface area contributed by atoms with Gasteiger partial charge in [0, 0.05) is 10.6 Å². The van der Waals surface area contributed by atoms with E-state index in [9.17, 15) is 9.59 Å². The van der Waals surface area contributed by atoms with Crippen molar-refractivity contribution in [1.29, 1.82) is 0 Å². The zero-order valence-corrected chi connectivity index (χ0v) is 11.0. The molecule has 4 nitrogen and oxygen atoms in total. The van der Waals surface area contributed by atoms with Crippen LogP contribution in [0.1, 0.15) is 16.2 Å². The molecule has 1 heterocycles. The first-order valence-corrected chi connectivity index (χ1v) is 6.32. The van der Waals surface area contributed by atoms with Gasteiger partial charge in [-0.3, -0.25) is 9.59 Å². The number of carbonyl (C=O) groups excluding carboxylic acids is 1. The highest BCUT2D eigenvalue weighted by Crippen LogP contribution is 2.15. The Morgan fingerprint density at radius 2 is 1.85 bits per heavy atom. The fourth-order valence-corrected chi connectivity index (χ4v) is 2.12. The van der Waals surface area contributed by atoms with E-state index >= 15 is 0 Å². The lowest BCUT2D eigenvalue weighted by Crippen LogP contribution is -2.16. The normalized spacial score (nSPS) is 10.7. The molecule has 0 amide bonds. The second kappa shape index (κ2) is 4.90. The van der Waals surface area contributed by atoms with E-state index in [0.717, 1.165) is 0 Å². The third-order valence-electron chi connectivity index (χ3n) is 2.92. The Morgan fingerprint density at radius 3 is 2.60 bits per heavy atom. The van der Waals surface area contributed by atoms with Gasteiger partial charge in [-0.2, -0.15) is 0 Å². The van der Waals surface area contributed by atoms with Crippen molar-refractivity contribution < 1.29 is 4.79 Å². The molecule has 3 aromatic rings. The first kappa shape index (κ1) is 12.6. The fraction of sp³-hybridized carbons (Fsp3) is 0. The molecule has 2 aromatic carbocycles. The van der Waals surface area contributed by atoms with E-state index in [-0.39, 0.29) is 17.2 Å². The van der Waals surface area contributed by atoms with Crippen molar-refractivity contribution in [3.8, 4) is 0 Å². The molecular formula is C15H9ClN2O2. The lowest BCUT2D eigenvalue weighted by Gasteiger charge is -2.02. The van der Waals surface area contributed by atoms with Crippen LogP contribution < -0.4 is 5.56 Å². The number of hydrogen-bond acceptors (Lipinski definition) is 3. The minimum atomic E-state index is -0.378. The number of ketones is 1. The average molecular weight is 285 g/mol. The number of rotatable bonds is 2. The maximum atomic E-state index is 12.3. The summed E-state index contributed by atoms with van der Waals surface area (Å²) in [6.45, 7) is 0. The van der Waals surface area contributed by atoms with Gasteiger partial charge in [0.05, 0.1) is 10.9 Å². The molecule has 0 bridgehead atoms. The quantitative estimate of drug-likeness (QED) is 0.736. The number of nitrogens with one attached hydrogen (secondary N) is 1. The zero-order chi connectivity index (χ0) is 14.1. The number of nitrogens with zero attached hydrogens (tertiary/aromatic N) is 1. The fourth-order valence-electron chi connectivity index (χ4n) is 1.94. The Kier molecular flexibility index (Phi) is 3.08. The van der Waals surface area contributed by atoms with Gasteiger partial charge < -0.3 is 4.98 Å². The van der Waals surface area contributed by atoms with Crippen molar-refractivity contribution in [2.45, 2.75) is 0 Å². The number of benzene rings is 2. The third-order valence-corrected chi connectivity index (χ3v) is 3.15. The van der Waals surface area contributed by atoms with E-state index in [4.69, 9.17) is 11.6 Å². The highest BCUT2D eigenvalue weighted by Gasteiger charge is 2.13. The summed E-state index contributed by atoms with van der Waals surface area (Å²) < 4.78 is 0. The van der Waals surface area contributed by atoms with Gasteiger partial charge in [0.2, 0.25) is 5.78 Å². The van der Waals surface area contributed by atoms with Crippen molar-refractivity contribution in [2.24, 2.45) is 0 Å². The van der Waals surface area contributed by atoms with Gasteiger partial charge in [0.1, 0.15) is 0 Å². The summed E-state index contributed by atoms with van der Waals surface area (Å²) in [6, 6.07) is 13.5. The zero-order valence-electron chi connectivity index (χ0n) is 10.3. The summed E-state index contributed by atoms with van der Waals surface area (Å²) in [5, 5.41) is 0.814. The Hall–Kier alpha value is -2.46. The van der Waals surface area contributed by atoms with Crippen LogP contribution >= 0.6 is 11.6 Å². The number of halogens is 1. The van der Waals surface area contributed by atoms with Crippen molar-refractivity contribution in [3.05, 3.63) is 75.3 Å². The first-order valence-electron chi connectivity index (χ1n) is 5.94. The van der Waals surface area contributed by atoms with E-state index in [1.165, 1.54) is 6.07 Å². The van der Waals surface area contributed by atoms with Gasteiger partial charge in [-0.15, -0.1) is 0 Å². The Balaban J connectivity index is 2.16. The summed E-state index contributed by atoms with van der Waals surface area (Å²) >= 11 is 5.84. The molecule has 0 aliphatic heterocycles. The van der Waals surface area contributed by atoms with Crippen LogP contribution in [0.5, 0.6) is 0 Å². The third kappa shape index (κ3) is 2.21. The van der Waals surface area contributed by atoms with E-state index < -0.39 is 0 Å². The van der Waals surface area contributed by atoms with E-state index in [0.29, 0.717) is 21.5 Å². The summed E-state index contributed by atoms with van der Waals surface area (Å²) in [4.78, 5) is 30.9. The van der Waals surface area contributed by atoms with Gasteiger partial charge in [-0.05, 0) is 18.2 Å². The van der Waals surface area contributed by atoms with E-state index in [1.54, 1.807) is 36.4 Å². The SMILES string of the molecule is O=C(c1ccccc1)c1nc2ccc(Cl)cc2c(=O)[nH]1. The van der Waals surface area contributed by atoms with Crippen LogP contribution in [0.15, 0.2) is 53.3 Å². The van der Waals surface area contributed by atoms with Crippen molar-refractivity contribution >= 4 is 28.3 Å². The van der Waals surface area contributed by atoms with Crippen LogP contribution in [0.4, 0.5) is 0 Å². The van der Waals surface area contributed by atoms with Gasteiger partial charge in [-0.1, -0.05) is 41.9 Å². The summed E-state index contributed by atoms with van der Waals surface area (Å²) in [7, 11) is 0. The predicted octanol–water partition coefficient (Wildman–Crippen LogP) is 2.81. The maximum absolute atomic E-state index is 12.3. The van der Waals surface area contributed by atoms with Crippen LogP contribution in [0.25, 0.3) is 10.9 Å². The molecule has 0 unspecified atom stereocenters. The number of hydrogen-bond donors (Lipinski definition) is 1. The molecule has 0 spiro atoms. The van der Waals surface area contributed by atoms with E-state index in [1.807, 2.05) is 6.07 Å². The van der Waals surface area contributed by atoms with Gasteiger partial charge in [-0.25, -0.2) is 4.98 Å². The van der Waals surface area contributed by atoms with Crippen molar-refractivity contribution in [1.82, 2.24) is 9.97 Å². The minimum absolute atomic E-state index is 0.0241. The van der Waals surface area contributed by atoms with Crippen LogP contribution in [-0.2, 0) is 0 Å². The molecule has 0 atom stereocenters. The molecule has 0 aliphatic rings. The standard InChI is InChI=1S/C15H9ClN2O2/c16-10-6-7-12-11(8-10)15(20)18-14(17-12)13(19)9-4-2-1-3-5-9/h1-8H,(H,17,18,20). The smallest absolute Gasteiger partial charge is 0.259 e. The summed E-state index contributed by atoms with van der Waals surface area (Å²) in [6.07, 6.45) is 0. The molecule has 5 heteroatoms. The van der Waals surface area contributed by atoms with Crippen molar-refractivity contribution in [2.75, 3.05) is 0 Å². The van der Waals surface area contributed by atoms with Crippen LogP contribution in [0.3, 0.4) is 0 Å². The second-order valence-electron chi connectivity index (χ2n) is 4.27. The lowest BCUT2D eigenvalue weighted by molar-refractivity contribution is 0.102. The number of carbonyl (C=O) groups is 1. The van der Waals surface area contributed by atoms with Crippen LogP contribution in [-0.4, -0.2) is 15.8 Å². The molecule has 0 aliphatic carbocycles. The Labute approximate surface area is 119 Å². The van der Waals surface area contributed by atoms with Crippen molar-refractivity contribution in [3.63, 3.8) is 0 Å². The minimum Gasteiger partial charge on any atom is -0.303 e. The molecule has 1 N–H and O–H groups in total. The van der Waals surface area contributed by atoms with Crippen LogP contribution in [0.2, 0.25) is 5.02 Å². The second-order valence-corrected chi connectivity index (χ2v) is 4.71. The lowest BCUT2D eigenvalue weighted by atomic mass is 10.1.